The molecule has 1 saturated heterocycles. The van der Waals surface area contributed by atoms with E-state index in [1.54, 1.807) is 0 Å². The molecule has 2 rings (SSSR count). The summed E-state index contributed by atoms with van der Waals surface area (Å²) < 4.78 is 0. The number of piperazine rings is 1. The van der Waals surface area contributed by atoms with Crippen molar-refractivity contribution in [3.05, 3.63) is 0 Å². The van der Waals surface area contributed by atoms with Crippen LogP contribution in [0.5, 0.6) is 0 Å². The Morgan fingerprint density at radius 2 is 1.93 bits per heavy atom. The van der Waals surface area contributed by atoms with E-state index in [2.05, 4.69) is 19.2 Å². The molecule has 3 nitrogen and oxygen atoms in total. The summed E-state index contributed by atoms with van der Waals surface area (Å²) >= 11 is 0. The first-order chi connectivity index (χ1) is 7.23. The fourth-order valence-corrected chi connectivity index (χ4v) is 2.83. The molecule has 1 aliphatic heterocycles. The number of hydrogen-bond donors (Lipinski definition) is 1. The first-order valence-corrected chi connectivity index (χ1v) is 6.23. The number of carbonyl (C=O) groups excluding carboxylic acids is 1. The molecule has 2 fully saturated rings. The zero-order valence-electron chi connectivity index (χ0n) is 9.88. The highest BCUT2D eigenvalue weighted by Crippen LogP contribution is 2.58. The largest absolute Gasteiger partial charge is 0.340 e. The standard InChI is InChI=1S/C12H22N2O/c1-3-12(4-2)9-10(12)11(15)14-7-5-13-6-8-14/h10,13H,3-9H2,1-2H3. The Labute approximate surface area is 92.2 Å². The van der Waals surface area contributed by atoms with E-state index in [1.807, 2.05) is 4.90 Å². The van der Waals surface area contributed by atoms with Crippen LogP contribution in [-0.2, 0) is 4.79 Å². The first-order valence-electron chi connectivity index (χ1n) is 6.23. The fourth-order valence-electron chi connectivity index (χ4n) is 2.83. The molecule has 0 radical (unpaired) electrons. The van der Waals surface area contributed by atoms with Gasteiger partial charge in [-0.3, -0.25) is 4.79 Å². The van der Waals surface area contributed by atoms with E-state index in [1.165, 1.54) is 0 Å². The molecule has 86 valence electrons. The van der Waals surface area contributed by atoms with Gasteiger partial charge in [0, 0.05) is 32.1 Å². The SMILES string of the molecule is CCC1(CC)CC1C(=O)N1CCNCC1. The minimum absolute atomic E-state index is 0.339. The maximum Gasteiger partial charge on any atom is 0.226 e. The highest BCUT2D eigenvalue weighted by molar-refractivity contribution is 5.82. The van der Waals surface area contributed by atoms with Gasteiger partial charge in [-0.15, -0.1) is 0 Å². The van der Waals surface area contributed by atoms with Gasteiger partial charge in [0.1, 0.15) is 0 Å². The van der Waals surface area contributed by atoms with Gasteiger partial charge in [-0.05, 0) is 24.7 Å². The number of nitrogens with zero attached hydrogens (tertiary/aromatic N) is 1. The van der Waals surface area contributed by atoms with Crippen LogP contribution in [0.3, 0.4) is 0 Å². The van der Waals surface area contributed by atoms with Crippen molar-refractivity contribution in [3.63, 3.8) is 0 Å². The summed E-state index contributed by atoms with van der Waals surface area (Å²) in [7, 11) is 0. The minimum Gasteiger partial charge on any atom is -0.340 e. The average Bonchev–Trinajstić information content (AvgIpc) is 3.05. The monoisotopic (exact) mass is 210 g/mol. The van der Waals surface area contributed by atoms with E-state index in [4.69, 9.17) is 0 Å². The van der Waals surface area contributed by atoms with Crippen LogP contribution in [0.1, 0.15) is 33.1 Å². The Bertz CT molecular complexity index is 242. The van der Waals surface area contributed by atoms with Crippen molar-refractivity contribution in [3.8, 4) is 0 Å². The predicted octanol–water partition coefficient (Wildman–Crippen LogP) is 1.24. The molecular formula is C12H22N2O. The van der Waals surface area contributed by atoms with Gasteiger partial charge in [-0.2, -0.15) is 0 Å². The van der Waals surface area contributed by atoms with Crippen molar-refractivity contribution < 1.29 is 4.79 Å². The number of hydrogen-bond acceptors (Lipinski definition) is 2. The fraction of sp³-hybridized carbons (Fsp3) is 0.917. The molecule has 1 unspecified atom stereocenters. The van der Waals surface area contributed by atoms with E-state index in [-0.39, 0.29) is 0 Å². The van der Waals surface area contributed by atoms with Crippen LogP contribution in [0.2, 0.25) is 0 Å². The van der Waals surface area contributed by atoms with E-state index in [9.17, 15) is 4.79 Å². The molecule has 1 aliphatic carbocycles. The van der Waals surface area contributed by atoms with Gasteiger partial charge < -0.3 is 10.2 Å². The smallest absolute Gasteiger partial charge is 0.226 e. The Balaban J connectivity index is 1.92. The summed E-state index contributed by atoms with van der Waals surface area (Å²) in [5, 5.41) is 3.28. The maximum absolute atomic E-state index is 12.2. The molecule has 3 heteroatoms. The third kappa shape index (κ3) is 1.89. The van der Waals surface area contributed by atoms with E-state index >= 15 is 0 Å². The molecule has 1 saturated carbocycles. The van der Waals surface area contributed by atoms with Crippen molar-refractivity contribution in [2.45, 2.75) is 33.1 Å². The summed E-state index contributed by atoms with van der Waals surface area (Å²) in [6.07, 6.45) is 3.45. The lowest BCUT2D eigenvalue weighted by molar-refractivity contribution is -0.134. The zero-order valence-corrected chi connectivity index (χ0v) is 9.88. The lowest BCUT2D eigenvalue weighted by Gasteiger charge is -2.28. The predicted molar refractivity (Wildman–Crippen MR) is 60.6 cm³/mol. The van der Waals surface area contributed by atoms with Crippen LogP contribution in [0.25, 0.3) is 0 Å². The third-order valence-electron chi connectivity index (χ3n) is 4.32. The highest BCUT2D eigenvalue weighted by Gasteiger charge is 2.56. The van der Waals surface area contributed by atoms with Crippen LogP contribution in [-0.4, -0.2) is 37.0 Å². The number of nitrogens with one attached hydrogen (secondary N) is 1. The normalized spacial score (nSPS) is 28.9. The second kappa shape index (κ2) is 4.12. The van der Waals surface area contributed by atoms with Crippen LogP contribution in [0.4, 0.5) is 0 Å². The van der Waals surface area contributed by atoms with Gasteiger partial charge in [0.25, 0.3) is 0 Å². The lowest BCUT2D eigenvalue weighted by Crippen LogP contribution is -2.47. The van der Waals surface area contributed by atoms with Crippen LogP contribution in [0.15, 0.2) is 0 Å². The Morgan fingerprint density at radius 1 is 1.33 bits per heavy atom. The Morgan fingerprint density at radius 3 is 2.40 bits per heavy atom. The first kappa shape index (κ1) is 10.9. The highest BCUT2D eigenvalue weighted by atomic mass is 16.2. The molecular weight excluding hydrogens is 188 g/mol. The van der Waals surface area contributed by atoms with Gasteiger partial charge in [0.15, 0.2) is 0 Å². The molecule has 1 N–H and O–H groups in total. The summed E-state index contributed by atoms with van der Waals surface area (Å²) in [4.78, 5) is 14.2. The zero-order chi connectivity index (χ0) is 10.9. The van der Waals surface area contributed by atoms with Gasteiger partial charge in [0.2, 0.25) is 5.91 Å². The van der Waals surface area contributed by atoms with E-state index < -0.39 is 0 Å². The maximum atomic E-state index is 12.2. The molecule has 0 aromatic heterocycles. The quantitative estimate of drug-likeness (QED) is 0.760. The van der Waals surface area contributed by atoms with E-state index in [0.717, 1.165) is 45.4 Å². The molecule has 1 amide bonds. The molecule has 0 bridgehead atoms. The molecule has 2 aliphatic rings. The molecule has 0 aromatic carbocycles. The topological polar surface area (TPSA) is 32.3 Å². The summed E-state index contributed by atoms with van der Waals surface area (Å²) in [6.45, 7) is 8.16. The molecule has 0 aromatic rings. The van der Waals surface area contributed by atoms with Crippen molar-refractivity contribution >= 4 is 5.91 Å². The van der Waals surface area contributed by atoms with E-state index in [0.29, 0.717) is 17.2 Å². The number of rotatable bonds is 3. The summed E-state index contributed by atoms with van der Waals surface area (Å²) in [5.41, 5.74) is 0.363. The number of carbonyl (C=O) groups is 1. The van der Waals surface area contributed by atoms with Crippen molar-refractivity contribution in [2.75, 3.05) is 26.2 Å². The summed E-state index contributed by atoms with van der Waals surface area (Å²) in [5.74, 6) is 0.755. The van der Waals surface area contributed by atoms with Crippen LogP contribution in [0, 0.1) is 11.3 Å². The van der Waals surface area contributed by atoms with Crippen LogP contribution >= 0.6 is 0 Å². The van der Waals surface area contributed by atoms with Crippen molar-refractivity contribution in [1.29, 1.82) is 0 Å². The molecule has 1 atom stereocenters. The van der Waals surface area contributed by atoms with Gasteiger partial charge in [-0.25, -0.2) is 0 Å². The molecule has 0 spiro atoms. The molecule has 15 heavy (non-hydrogen) atoms. The third-order valence-corrected chi connectivity index (χ3v) is 4.32. The summed E-state index contributed by atoms with van der Waals surface area (Å²) in [6, 6.07) is 0. The lowest BCUT2D eigenvalue weighted by atomic mass is 9.96. The van der Waals surface area contributed by atoms with Crippen LogP contribution < -0.4 is 5.32 Å². The van der Waals surface area contributed by atoms with Gasteiger partial charge in [0.05, 0.1) is 0 Å². The second-order valence-corrected chi connectivity index (χ2v) is 4.90. The van der Waals surface area contributed by atoms with Gasteiger partial charge >= 0.3 is 0 Å². The average molecular weight is 210 g/mol. The number of amides is 1. The minimum atomic E-state index is 0.339. The Hall–Kier alpha value is -0.570. The second-order valence-electron chi connectivity index (χ2n) is 4.90. The Kier molecular flexibility index (Phi) is 3.01. The van der Waals surface area contributed by atoms with Crippen molar-refractivity contribution in [2.24, 2.45) is 11.3 Å². The molecule has 1 heterocycles. The van der Waals surface area contributed by atoms with Gasteiger partial charge in [-0.1, -0.05) is 13.8 Å². The van der Waals surface area contributed by atoms with Crippen molar-refractivity contribution in [1.82, 2.24) is 10.2 Å².